The Balaban J connectivity index is 1.98. The molecule has 90 valence electrons. The molecular formula is C11H15N5O. The van der Waals surface area contributed by atoms with Crippen molar-refractivity contribution < 1.29 is 4.74 Å². The molecule has 0 spiro atoms. The number of nitrogens with zero attached hydrogens (tertiary/aromatic N) is 5. The number of piperazine rings is 1. The van der Waals surface area contributed by atoms with Gasteiger partial charge in [-0.05, 0) is 0 Å². The molecule has 0 unspecified atom stereocenters. The maximum atomic E-state index is 8.62. The summed E-state index contributed by atoms with van der Waals surface area (Å²) in [7, 11) is 1.59. The van der Waals surface area contributed by atoms with Crippen LogP contribution in [0.2, 0.25) is 0 Å². The quantitative estimate of drug-likeness (QED) is 0.691. The van der Waals surface area contributed by atoms with E-state index in [1.807, 2.05) is 0 Å². The molecule has 1 aromatic heterocycles. The Morgan fingerprint density at radius 1 is 1.41 bits per heavy atom. The topological polar surface area (TPSA) is 65.3 Å². The summed E-state index contributed by atoms with van der Waals surface area (Å²) in [4.78, 5) is 12.8. The molecule has 2 rings (SSSR count). The smallest absolute Gasteiger partial charge is 0.228 e. The summed E-state index contributed by atoms with van der Waals surface area (Å²) in [5.41, 5.74) is 0. The molecule has 0 atom stereocenters. The van der Waals surface area contributed by atoms with Gasteiger partial charge in [0.05, 0.1) is 19.7 Å². The van der Waals surface area contributed by atoms with Gasteiger partial charge in [0.15, 0.2) is 0 Å². The first-order chi connectivity index (χ1) is 8.33. The molecule has 1 saturated heterocycles. The van der Waals surface area contributed by atoms with Crippen molar-refractivity contribution >= 4 is 5.95 Å². The van der Waals surface area contributed by atoms with Gasteiger partial charge in [-0.1, -0.05) is 0 Å². The summed E-state index contributed by atoms with van der Waals surface area (Å²) in [5, 5.41) is 8.62. The van der Waals surface area contributed by atoms with Gasteiger partial charge in [0.1, 0.15) is 0 Å². The third-order valence-electron chi connectivity index (χ3n) is 2.78. The van der Waals surface area contributed by atoms with Crippen molar-refractivity contribution in [3.63, 3.8) is 0 Å². The van der Waals surface area contributed by atoms with Crippen molar-refractivity contribution in [2.45, 2.75) is 0 Å². The molecule has 6 nitrogen and oxygen atoms in total. The van der Waals surface area contributed by atoms with E-state index >= 15 is 0 Å². The molecule has 0 aliphatic carbocycles. The van der Waals surface area contributed by atoms with Gasteiger partial charge in [-0.2, -0.15) is 10.2 Å². The molecule has 0 bridgehead atoms. The summed E-state index contributed by atoms with van der Waals surface area (Å²) in [6, 6.07) is 3.90. The zero-order valence-corrected chi connectivity index (χ0v) is 9.83. The Kier molecular flexibility index (Phi) is 3.73. The monoisotopic (exact) mass is 233 g/mol. The Morgan fingerprint density at radius 3 is 2.82 bits per heavy atom. The summed E-state index contributed by atoms with van der Waals surface area (Å²) < 4.78 is 5.07. The zero-order chi connectivity index (χ0) is 12.1. The number of aromatic nitrogens is 2. The number of hydrogen-bond acceptors (Lipinski definition) is 6. The second-order valence-electron chi connectivity index (χ2n) is 3.82. The molecule has 1 aliphatic heterocycles. The van der Waals surface area contributed by atoms with Gasteiger partial charge in [0.2, 0.25) is 11.8 Å². The third-order valence-corrected chi connectivity index (χ3v) is 2.78. The van der Waals surface area contributed by atoms with Crippen molar-refractivity contribution in [3.8, 4) is 11.9 Å². The number of methoxy groups -OCH3 is 1. The van der Waals surface area contributed by atoms with Crippen molar-refractivity contribution in [2.75, 3.05) is 44.7 Å². The van der Waals surface area contributed by atoms with E-state index in [0.717, 1.165) is 26.2 Å². The molecule has 0 radical (unpaired) electrons. The van der Waals surface area contributed by atoms with E-state index in [2.05, 4.69) is 25.8 Å². The van der Waals surface area contributed by atoms with Crippen LogP contribution in [0.3, 0.4) is 0 Å². The third kappa shape index (κ3) is 2.82. The van der Waals surface area contributed by atoms with E-state index < -0.39 is 0 Å². The van der Waals surface area contributed by atoms with Crippen LogP contribution in [0.25, 0.3) is 0 Å². The van der Waals surface area contributed by atoms with Crippen LogP contribution in [0.1, 0.15) is 0 Å². The molecule has 0 saturated carbocycles. The molecule has 1 aromatic rings. The van der Waals surface area contributed by atoms with E-state index in [1.165, 1.54) is 0 Å². The fourth-order valence-corrected chi connectivity index (χ4v) is 1.80. The number of rotatable bonds is 3. The lowest BCUT2D eigenvalue weighted by molar-refractivity contribution is 0.285. The van der Waals surface area contributed by atoms with E-state index in [0.29, 0.717) is 18.4 Å². The van der Waals surface area contributed by atoms with Crippen LogP contribution in [0.4, 0.5) is 5.95 Å². The average molecular weight is 233 g/mol. The van der Waals surface area contributed by atoms with Crippen molar-refractivity contribution in [2.24, 2.45) is 0 Å². The highest BCUT2D eigenvalue weighted by molar-refractivity contribution is 5.32. The SMILES string of the molecule is COc1ccnc(N2CCN(CC#N)CC2)n1. The van der Waals surface area contributed by atoms with Gasteiger partial charge in [0, 0.05) is 38.4 Å². The predicted octanol–water partition coefficient (Wildman–Crippen LogP) is 0.131. The van der Waals surface area contributed by atoms with Crippen molar-refractivity contribution in [1.82, 2.24) is 14.9 Å². The molecule has 1 fully saturated rings. The minimum absolute atomic E-state index is 0.493. The first kappa shape index (κ1) is 11.6. The maximum Gasteiger partial charge on any atom is 0.228 e. The fourth-order valence-electron chi connectivity index (χ4n) is 1.80. The summed E-state index contributed by atoms with van der Waals surface area (Å²) >= 11 is 0. The predicted molar refractivity (Wildman–Crippen MR) is 62.9 cm³/mol. The van der Waals surface area contributed by atoms with Gasteiger partial charge in [0.25, 0.3) is 0 Å². The molecule has 2 heterocycles. The van der Waals surface area contributed by atoms with Crippen LogP contribution in [0.5, 0.6) is 5.88 Å². The van der Waals surface area contributed by atoms with Crippen LogP contribution >= 0.6 is 0 Å². The zero-order valence-electron chi connectivity index (χ0n) is 9.83. The normalized spacial score (nSPS) is 16.6. The van der Waals surface area contributed by atoms with Crippen LogP contribution in [-0.2, 0) is 0 Å². The summed E-state index contributed by atoms with van der Waals surface area (Å²) in [5.74, 6) is 1.27. The van der Waals surface area contributed by atoms with E-state index in [-0.39, 0.29) is 0 Å². The summed E-state index contributed by atoms with van der Waals surface area (Å²) in [6.07, 6.45) is 1.70. The highest BCUT2D eigenvalue weighted by Gasteiger charge is 2.18. The van der Waals surface area contributed by atoms with Crippen LogP contribution in [-0.4, -0.2) is 54.7 Å². The number of nitriles is 1. The second kappa shape index (κ2) is 5.46. The molecule has 6 heteroatoms. The molecule has 1 aliphatic rings. The van der Waals surface area contributed by atoms with Gasteiger partial charge in [-0.3, -0.25) is 4.90 Å². The van der Waals surface area contributed by atoms with Crippen LogP contribution in [0, 0.1) is 11.3 Å². The highest BCUT2D eigenvalue weighted by atomic mass is 16.5. The maximum absolute atomic E-state index is 8.62. The molecule has 0 aromatic carbocycles. The van der Waals surface area contributed by atoms with Crippen LogP contribution < -0.4 is 9.64 Å². The average Bonchev–Trinajstić information content (AvgIpc) is 2.40. The van der Waals surface area contributed by atoms with Gasteiger partial charge < -0.3 is 9.64 Å². The lowest BCUT2D eigenvalue weighted by Gasteiger charge is -2.33. The Bertz CT molecular complexity index is 409. The lowest BCUT2D eigenvalue weighted by Crippen LogP contribution is -2.47. The van der Waals surface area contributed by atoms with Gasteiger partial charge >= 0.3 is 0 Å². The molecular weight excluding hydrogens is 218 g/mol. The number of anilines is 1. The van der Waals surface area contributed by atoms with E-state index in [1.54, 1.807) is 19.4 Å². The largest absolute Gasteiger partial charge is 0.481 e. The minimum Gasteiger partial charge on any atom is -0.481 e. The highest BCUT2D eigenvalue weighted by Crippen LogP contribution is 2.14. The lowest BCUT2D eigenvalue weighted by atomic mass is 10.3. The van der Waals surface area contributed by atoms with Gasteiger partial charge in [-0.15, -0.1) is 0 Å². The second-order valence-corrected chi connectivity index (χ2v) is 3.82. The molecule has 0 amide bonds. The molecule has 0 N–H and O–H groups in total. The van der Waals surface area contributed by atoms with E-state index in [9.17, 15) is 0 Å². The number of ether oxygens (including phenoxy) is 1. The van der Waals surface area contributed by atoms with Crippen molar-refractivity contribution in [1.29, 1.82) is 5.26 Å². The molecule has 17 heavy (non-hydrogen) atoms. The Morgan fingerprint density at radius 2 is 2.18 bits per heavy atom. The minimum atomic E-state index is 0.493. The van der Waals surface area contributed by atoms with Crippen LogP contribution in [0.15, 0.2) is 12.3 Å². The van der Waals surface area contributed by atoms with Gasteiger partial charge in [-0.25, -0.2) is 4.98 Å². The first-order valence-corrected chi connectivity index (χ1v) is 5.55. The Hall–Kier alpha value is -1.87. The fraction of sp³-hybridized carbons (Fsp3) is 0.545. The van der Waals surface area contributed by atoms with E-state index in [4.69, 9.17) is 10.00 Å². The van der Waals surface area contributed by atoms with Crippen molar-refractivity contribution in [3.05, 3.63) is 12.3 Å². The summed E-state index contributed by atoms with van der Waals surface area (Å²) in [6.45, 7) is 3.92. The first-order valence-electron chi connectivity index (χ1n) is 5.55. The Labute approximate surface area is 100 Å². The number of hydrogen-bond donors (Lipinski definition) is 0. The standard InChI is InChI=1S/C11H15N5O/c1-17-10-2-4-13-11(14-10)16-8-6-15(5-3-12)7-9-16/h2,4H,5-9H2,1H3.